The minimum Gasteiger partial charge on any atom is -0.253 e. The molecule has 0 saturated heterocycles. The van der Waals surface area contributed by atoms with E-state index in [2.05, 4.69) is 4.98 Å². The summed E-state index contributed by atoms with van der Waals surface area (Å²) < 4.78 is 13.3. The maximum absolute atomic E-state index is 13.3. The first-order valence-electron chi connectivity index (χ1n) is 3.58. The number of benzene rings is 1. The highest BCUT2D eigenvalue weighted by Crippen LogP contribution is 2.27. The fraction of sp³-hybridized carbons (Fsp3) is 0. The number of hydrogen-bond donors (Lipinski definition) is 0. The van der Waals surface area contributed by atoms with Crippen LogP contribution < -0.4 is 0 Å². The molecule has 2 aromatic rings. The van der Waals surface area contributed by atoms with Gasteiger partial charge < -0.3 is 0 Å². The van der Waals surface area contributed by atoms with Crippen LogP contribution in [0, 0.1) is 5.82 Å². The van der Waals surface area contributed by atoms with E-state index in [0.717, 1.165) is 0 Å². The van der Waals surface area contributed by atoms with Gasteiger partial charge in [0.25, 0.3) is 0 Å². The lowest BCUT2D eigenvalue weighted by Crippen LogP contribution is -1.85. The van der Waals surface area contributed by atoms with Crippen LogP contribution in [0.5, 0.6) is 0 Å². The zero-order valence-corrected chi connectivity index (χ0v) is 7.90. The smallest absolute Gasteiger partial charge is 0.168 e. The van der Waals surface area contributed by atoms with Gasteiger partial charge in [-0.25, -0.2) is 4.39 Å². The van der Waals surface area contributed by atoms with Crippen LogP contribution in [0.25, 0.3) is 10.9 Å². The Morgan fingerprint density at radius 1 is 1.08 bits per heavy atom. The van der Waals surface area contributed by atoms with Crippen LogP contribution >= 0.6 is 23.2 Å². The molecule has 0 unspecified atom stereocenters. The molecule has 4 heteroatoms. The average Bonchev–Trinajstić information content (AvgIpc) is 2.12. The van der Waals surface area contributed by atoms with E-state index in [4.69, 9.17) is 23.2 Å². The first-order valence-corrected chi connectivity index (χ1v) is 4.34. The lowest BCUT2D eigenvalue weighted by Gasteiger charge is -2.01. The summed E-state index contributed by atoms with van der Waals surface area (Å²) in [5.41, 5.74) is 0.208. The number of hydrogen-bond acceptors (Lipinski definition) is 1. The molecule has 1 aromatic carbocycles. The summed E-state index contributed by atoms with van der Waals surface area (Å²) in [6, 6.07) is 4.72. The number of rotatable bonds is 0. The Balaban J connectivity index is 2.94. The fourth-order valence-corrected chi connectivity index (χ4v) is 1.49. The van der Waals surface area contributed by atoms with E-state index in [9.17, 15) is 4.39 Å². The maximum atomic E-state index is 13.3. The van der Waals surface area contributed by atoms with Crippen LogP contribution in [0.4, 0.5) is 4.39 Å². The maximum Gasteiger partial charge on any atom is 0.168 e. The molecule has 0 aliphatic heterocycles. The van der Waals surface area contributed by atoms with Gasteiger partial charge in [-0.15, -0.1) is 0 Å². The van der Waals surface area contributed by atoms with Gasteiger partial charge in [-0.3, -0.25) is 4.98 Å². The molecule has 2 rings (SSSR count). The molecule has 1 nitrogen and oxygen atoms in total. The zero-order valence-electron chi connectivity index (χ0n) is 6.39. The van der Waals surface area contributed by atoms with Crippen molar-refractivity contribution in [2.75, 3.05) is 0 Å². The van der Waals surface area contributed by atoms with Gasteiger partial charge >= 0.3 is 0 Å². The molecule has 66 valence electrons. The molecule has 1 heterocycles. The van der Waals surface area contributed by atoms with Gasteiger partial charge in [0.05, 0.1) is 10.0 Å². The number of aromatic nitrogens is 1. The molecule has 1 aromatic heterocycles. The summed E-state index contributed by atoms with van der Waals surface area (Å²) in [4.78, 5) is 3.86. The number of nitrogens with zero attached hydrogens (tertiary/aromatic N) is 1. The van der Waals surface area contributed by atoms with E-state index in [1.54, 1.807) is 12.1 Å². The van der Waals surface area contributed by atoms with Crippen molar-refractivity contribution in [1.82, 2.24) is 4.98 Å². The minimum atomic E-state index is -0.526. The van der Waals surface area contributed by atoms with Crippen molar-refractivity contribution in [3.63, 3.8) is 0 Å². The van der Waals surface area contributed by atoms with Gasteiger partial charge in [0.1, 0.15) is 5.52 Å². The second-order valence-electron chi connectivity index (χ2n) is 2.55. The Hall–Kier alpha value is -0.860. The molecule has 0 aliphatic carbocycles. The standard InChI is InChI=1S/C9H4Cl2FN/c10-6-3-4-13-9-5(6)1-2-7(11)8(9)12/h1-4H. The summed E-state index contributed by atoms with van der Waals surface area (Å²) >= 11 is 11.4. The number of fused-ring (bicyclic) bond motifs is 1. The Morgan fingerprint density at radius 3 is 2.62 bits per heavy atom. The third-order valence-corrected chi connectivity index (χ3v) is 2.37. The molecule has 0 radical (unpaired) electrons. The Bertz CT molecular complexity index is 470. The third kappa shape index (κ3) is 1.36. The topological polar surface area (TPSA) is 12.9 Å². The van der Waals surface area contributed by atoms with Crippen LogP contribution in [-0.4, -0.2) is 4.98 Å². The summed E-state index contributed by atoms with van der Waals surface area (Å²) in [6.07, 6.45) is 1.45. The minimum absolute atomic E-state index is 0.0577. The van der Waals surface area contributed by atoms with Gasteiger partial charge in [0, 0.05) is 11.6 Å². The molecular formula is C9H4Cl2FN. The Morgan fingerprint density at radius 2 is 1.85 bits per heavy atom. The second-order valence-corrected chi connectivity index (χ2v) is 3.36. The van der Waals surface area contributed by atoms with Crippen LogP contribution in [0.3, 0.4) is 0 Å². The van der Waals surface area contributed by atoms with Crippen molar-refractivity contribution in [2.24, 2.45) is 0 Å². The molecule has 0 saturated carbocycles. The van der Waals surface area contributed by atoms with E-state index in [1.165, 1.54) is 12.3 Å². The summed E-state index contributed by atoms with van der Waals surface area (Å²) in [7, 11) is 0. The summed E-state index contributed by atoms with van der Waals surface area (Å²) in [6.45, 7) is 0. The van der Waals surface area contributed by atoms with Gasteiger partial charge in [-0.1, -0.05) is 23.2 Å². The van der Waals surface area contributed by atoms with Crippen molar-refractivity contribution < 1.29 is 4.39 Å². The summed E-state index contributed by atoms with van der Waals surface area (Å²) in [5.74, 6) is -0.526. The predicted molar refractivity (Wildman–Crippen MR) is 51.7 cm³/mol. The molecule has 0 amide bonds. The first kappa shape index (κ1) is 8.73. The second kappa shape index (κ2) is 3.13. The normalized spacial score (nSPS) is 10.7. The van der Waals surface area contributed by atoms with E-state index in [-0.39, 0.29) is 10.5 Å². The number of halogens is 3. The molecule has 0 N–H and O–H groups in total. The molecule has 0 atom stereocenters. The van der Waals surface area contributed by atoms with Crippen molar-refractivity contribution in [3.05, 3.63) is 40.3 Å². The van der Waals surface area contributed by atoms with E-state index in [1.807, 2.05) is 0 Å². The van der Waals surface area contributed by atoms with Crippen molar-refractivity contribution in [3.8, 4) is 0 Å². The average molecular weight is 216 g/mol. The van der Waals surface area contributed by atoms with Gasteiger partial charge in [-0.2, -0.15) is 0 Å². The molecule has 0 bridgehead atoms. The van der Waals surface area contributed by atoms with Crippen LogP contribution in [0.1, 0.15) is 0 Å². The van der Waals surface area contributed by atoms with Crippen LogP contribution in [0.2, 0.25) is 10.0 Å². The third-order valence-electron chi connectivity index (χ3n) is 1.75. The van der Waals surface area contributed by atoms with Gasteiger partial charge in [0.2, 0.25) is 0 Å². The van der Waals surface area contributed by atoms with E-state index >= 15 is 0 Å². The van der Waals surface area contributed by atoms with E-state index < -0.39 is 5.82 Å². The molecule has 0 aliphatic rings. The molecular weight excluding hydrogens is 212 g/mol. The first-order chi connectivity index (χ1) is 6.20. The quantitative estimate of drug-likeness (QED) is 0.654. The monoisotopic (exact) mass is 215 g/mol. The Kier molecular flexibility index (Phi) is 2.10. The highest BCUT2D eigenvalue weighted by atomic mass is 35.5. The highest BCUT2D eigenvalue weighted by molar-refractivity contribution is 6.36. The van der Waals surface area contributed by atoms with Gasteiger partial charge in [0.15, 0.2) is 5.82 Å². The fourth-order valence-electron chi connectivity index (χ4n) is 1.13. The predicted octanol–water partition coefficient (Wildman–Crippen LogP) is 3.68. The molecule has 0 spiro atoms. The van der Waals surface area contributed by atoms with Crippen molar-refractivity contribution in [1.29, 1.82) is 0 Å². The highest BCUT2D eigenvalue weighted by Gasteiger charge is 2.08. The SMILES string of the molecule is Fc1c(Cl)ccc2c(Cl)ccnc12. The lowest BCUT2D eigenvalue weighted by atomic mass is 10.2. The Labute approximate surface area is 84.1 Å². The van der Waals surface area contributed by atoms with Crippen molar-refractivity contribution >= 4 is 34.1 Å². The molecule has 13 heavy (non-hydrogen) atoms. The molecule has 0 fully saturated rings. The van der Waals surface area contributed by atoms with Gasteiger partial charge in [-0.05, 0) is 18.2 Å². The van der Waals surface area contributed by atoms with Crippen molar-refractivity contribution in [2.45, 2.75) is 0 Å². The van der Waals surface area contributed by atoms with Crippen LogP contribution in [0.15, 0.2) is 24.4 Å². The lowest BCUT2D eigenvalue weighted by molar-refractivity contribution is 0.637. The number of pyridine rings is 1. The summed E-state index contributed by atoms with van der Waals surface area (Å²) in [5, 5.41) is 1.11. The van der Waals surface area contributed by atoms with E-state index in [0.29, 0.717) is 10.4 Å². The van der Waals surface area contributed by atoms with Crippen LogP contribution in [-0.2, 0) is 0 Å². The largest absolute Gasteiger partial charge is 0.253 e. The zero-order chi connectivity index (χ0) is 9.42.